The Morgan fingerprint density at radius 2 is 1.74 bits per heavy atom. The molecule has 3 aromatic carbocycles. The lowest BCUT2D eigenvalue weighted by molar-refractivity contribution is -0.275. The van der Waals surface area contributed by atoms with Crippen molar-refractivity contribution in [2.75, 3.05) is 20.1 Å². The molecule has 1 saturated heterocycles. The average molecular weight is 578 g/mol. The minimum atomic E-state index is -0.553. The predicted octanol–water partition coefficient (Wildman–Crippen LogP) is 6.08. The van der Waals surface area contributed by atoms with E-state index in [1.165, 1.54) is 0 Å². The summed E-state index contributed by atoms with van der Waals surface area (Å²) >= 11 is 0. The van der Waals surface area contributed by atoms with Gasteiger partial charge in [-0.3, -0.25) is 9.78 Å². The van der Waals surface area contributed by atoms with Gasteiger partial charge in [0, 0.05) is 43.5 Å². The average Bonchev–Trinajstić information content (AvgIpc) is 3.05. The van der Waals surface area contributed by atoms with Crippen molar-refractivity contribution < 1.29 is 19.4 Å². The molecule has 222 valence electrons. The summed E-state index contributed by atoms with van der Waals surface area (Å²) in [5.74, 6) is -0.0552. The summed E-state index contributed by atoms with van der Waals surface area (Å²) in [7, 11) is 2.07. The van der Waals surface area contributed by atoms with Gasteiger partial charge in [0.2, 0.25) is 0 Å². The number of ether oxygens (including phenoxy) is 2. The molecule has 0 aliphatic carbocycles. The Hall–Kier alpha value is -4.14. The van der Waals surface area contributed by atoms with E-state index >= 15 is 0 Å². The molecule has 4 aromatic rings. The van der Waals surface area contributed by atoms with Crippen LogP contribution in [0.2, 0.25) is 0 Å². The lowest BCUT2D eigenvalue weighted by atomic mass is 9.90. The first kappa shape index (κ1) is 30.3. The van der Waals surface area contributed by atoms with Crippen LogP contribution in [0.5, 0.6) is 0 Å². The Morgan fingerprint density at radius 3 is 2.47 bits per heavy atom. The number of aliphatic hydroxyl groups excluding tert-OH is 1. The van der Waals surface area contributed by atoms with Crippen molar-refractivity contribution >= 4 is 5.91 Å². The summed E-state index contributed by atoms with van der Waals surface area (Å²) in [5.41, 5.74) is 6.47. The van der Waals surface area contributed by atoms with Gasteiger partial charge in [0.15, 0.2) is 6.29 Å². The molecule has 0 radical (unpaired) electrons. The van der Waals surface area contributed by atoms with E-state index in [0.29, 0.717) is 12.1 Å². The van der Waals surface area contributed by atoms with Gasteiger partial charge in [-0.15, -0.1) is 6.58 Å². The van der Waals surface area contributed by atoms with Crippen LogP contribution in [0.25, 0.3) is 11.1 Å². The molecule has 1 fully saturated rings. The topological polar surface area (TPSA) is 83.9 Å². The fraction of sp³-hybridized carbons (Fsp3) is 0.278. The molecule has 1 aliphatic heterocycles. The normalized spacial score (nSPS) is 20.1. The second-order valence-corrected chi connectivity index (χ2v) is 11.1. The number of carbonyl (C=O) groups excluding carboxylic acids is 1. The van der Waals surface area contributed by atoms with E-state index in [2.05, 4.69) is 60.0 Å². The van der Waals surface area contributed by atoms with Crippen molar-refractivity contribution in [3.63, 3.8) is 0 Å². The summed E-state index contributed by atoms with van der Waals surface area (Å²) in [6, 6.07) is 27.9. The van der Waals surface area contributed by atoms with Crippen molar-refractivity contribution in [3.8, 4) is 11.1 Å². The van der Waals surface area contributed by atoms with Gasteiger partial charge in [-0.25, -0.2) is 0 Å². The molecule has 0 unspecified atom stereocenters. The van der Waals surface area contributed by atoms with Crippen LogP contribution in [0.3, 0.4) is 0 Å². The van der Waals surface area contributed by atoms with Gasteiger partial charge in [-0.1, -0.05) is 73.7 Å². The van der Waals surface area contributed by atoms with E-state index in [0.717, 1.165) is 46.5 Å². The highest BCUT2D eigenvalue weighted by atomic mass is 16.7. The first-order valence-electron chi connectivity index (χ1n) is 14.6. The lowest BCUT2D eigenvalue weighted by Gasteiger charge is -2.42. The number of rotatable bonds is 11. The van der Waals surface area contributed by atoms with Crippen molar-refractivity contribution in [2.45, 2.75) is 38.6 Å². The Kier molecular flexibility index (Phi) is 10.1. The summed E-state index contributed by atoms with van der Waals surface area (Å²) in [5, 5.41) is 12.5. The third-order valence-electron chi connectivity index (χ3n) is 7.85. The highest BCUT2D eigenvalue weighted by Gasteiger charge is 2.38. The highest BCUT2D eigenvalue weighted by molar-refractivity contribution is 5.93. The fourth-order valence-electron chi connectivity index (χ4n) is 5.44. The van der Waals surface area contributed by atoms with Crippen LogP contribution in [0, 0.1) is 5.92 Å². The minimum Gasteiger partial charge on any atom is -0.392 e. The number of aliphatic hydroxyl groups is 1. The molecule has 1 aromatic heterocycles. The molecular formula is C36H39N3O4. The van der Waals surface area contributed by atoms with Gasteiger partial charge in [0.25, 0.3) is 5.91 Å². The van der Waals surface area contributed by atoms with E-state index in [1.807, 2.05) is 54.6 Å². The van der Waals surface area contributed by atoms with Gasteiger partial charge in [-0.2, -0.15) is 0 Å². The molecule has 1 amide bonds. The largest absolute Gasteiger partial charge is 0.392 e. The molecule has 0 spiro atoms. The lowest BCUT2D eigenvalue weighted by Crippen LogP contribution is -2.43. The third kappa shape index (κ3) is 7.63. The summed E-state index contributed by atoms with van der Waals surface area (Å²) in [4.78, 5) is 18.7. The van der Waals surface area contributed by atoms with Crippen molar-refractivity contribution in [3.05, 3.63) is 138 Å². The quantitative estimate of drug-likeness (QED) is 0.210. The van der Waals surface area contributed by atoms with E-state index in [-0.39, 0.29) is 30.6 Å². The third-order valence-corrected chi connectivity index (χ3v) is 7.85. The number of benzene rings is 3. The van der Waals surface area contributed by atoms with Crippen molar-refractivity contribution in [2.24, 2.45) is 5.92 Å². The van der Waals surface area contributed by atoms with E-state index in [1.54, 1.807) is 24.5 Å². The maximum atomic E-state index is 12.5. The van der Waals surface area contributed by atoms with Gasteiger partial charge in [-0.05, 0) is 59.1 Å². The Morgan fingerprint density at radius 1 is 0.977 bits per heavy atom. The van der Waals surface area contributed by atoms with E-state index < -0.39 is 6.29 Å². The molecule has 43 heavy (non-hydrogen) atoms. The maximum Gasteiger partial charge on any atom is 0.253 e. The smallest absolute Gasteiger partial charge is 0.253 e. The van der Waals surface area contributed by atoms with Gasteiger partial charge in [0.05, 0.1) is 24.4 Å². The van der Waals surface area contributed by atoms with Gasteiger partial charge in [0.1, 0.15) is 0 Å². The molecular weight excluding hydrogens is 538 g/mol. The molecule has 1 aliphatic rings. The second kappa shape index (κ2) is 14.4. The van der Waals surface area contributed by atoms with Gasteiger partial charge >= 0.3 is 0 Å². The summed E-state index contributed by atoms with van der Waals surface area (Å²) in [6.45, 7) is 7.97. The Balaban J connectivity index is 1.36. The number of pyridine rings is 1. The Bertz CT molecular complexity index is 1510. The van der Waals surface area contributed by atoms with E-state index in [9.17, 15) is 9.90 Å². The number of aromatic nitrogens is 1. The fourth-order valence-corrected chi connectivity index (χ4v) is 5.44. The molecule has 0 bridgehead atoms. The van der Waals surface area contributed by atoms with Crippen LogP contribution in [-0.2, 0) is 22.6 Å². The monoisotopic (exact) mass is 577 g/mol. The van der Waals surface area contributed by atoms with E-state index in [4.69, 9.17) is 9.47 Å². The zero-order valence-electron chi connectivity index (χ0n) is 24.7. The van der Waals surface area contributed by atoms with Gasteiger partial charge < -0.3 is 24.8 Å². The van der Waals surface area contributed by atoms with Crippen molar-refractivity contribution in [1.82, 2.24) is 15.2 Å². The zero-order chi connectivity index (χ0) is 30.2. The van der Waals surface area contributed by atoms with Crippen LogP contribution < -0.4 is 5.32 Å². The summed E-state index contributed by atoms with van der Waals surface area (Å²) in [6.07, 6.45) is 4.31. The number of hydrogen-bond donors (Lipinski definition) is 2. The number of hydrogen-bond acceptors (Lipinski definition) is 6. The summed E-state index contributed by atoms with van der Waals surface area (Å²) < 4.78 is 13.3. The zero-order valence-corrected chi connectivity index (χ0v) is 24.7. The van der Waals surface area contributed by atoms with Crippen LogP contribution in [0.1, 0.15) is 51.9 Å². The maximum absolute atomic E-state index is 12.5. The Labute approximate surface area is 253 Å². The van der Waals surface area contributed by atoms with Crippen LogP contribution in [-0.4, -0.2) is 47.1 Å². The van der Waals surface area contributed by atoms with Crippen molar-refractivity contribution in [1.29, 1.82) is 0 Å². The number of carbonyl (C=O) groups is 1. The molecule has 2 heterocycles. The molecule has 7 heteroatoms. The van der Waals surface area contributed by atoms with Crippen LogP contribution >= 0.6 is 0 Å². The van der Waals surface area contributed by atoms with Crippen LogP contribution in [0.15, 0.2) is 110 Å². The molecule has 0 saturated carbocycles. The number of amides is 1. The standard InChI is InChI=1S/C36H39N3O4/c1-4-18-39(3)23-33-25(2)34(28-15-13-26(24-40)14-16-28)43-36(42-33)31-11-6-10-30(20-31)29-9-5-8-27(19-29)21-38-35(41)32-12-7-17-37-22-32/h4-17,19-20,22,25,33-34,36,40H,1,18,21,23-24H2,2-3H3,(H,38,41)/t25-,33+,34+,36+/m1/s1. The first-order valence-corrected chi connectivity index (χ1v) is 14.6. The number of likely N-dealkylation sites (N-methyl/N-ethyl adjacent to an activating group) is 1. The predicted molar refractivity (Wildman–Crippen MR) is 168 cm³/mol. The molecule has 5 rings (SSSR count). The number of nitrogens with zero attached hydrogens (tertiary/aromatic N) is 2. The van der Waals surface area contributed by atoms with Crippen LogP contribution in [0.4, 0.5) is 0 Å². The second-order valence-electron chi connectivity index (χ2n) is 11.1. The first-order chi connectivity index (χ1) is 20.9. The minimum absolute atomic E-state index is 0.00688. The SMILES string of the molecule is C=CCN(C)C[C@@H]1O[C@H](c2cccc(-c3cccc(CNC(=O)c4cccnc4)c3)c2)O[C@H](c2ccc(CO)cc2)[C@@H]1C. The molecule has 2 N–H and O–H groups in total. The number of nitrogens with one attached hydrogen (secondary N) is 1. The molecule has 7 nitrogen and oxygen atoms in total. The highest BCUT2D eigenvalue weighted by Crippen LogP contribution is 2.42. The molecule has 4 atom stereocenters.